The predicted octanol–water partition coefficient (Wildman–Crippen LogP) is 1.50. The number of hydrogen-bond donors (Lipinski definition) is 2. The fourth-order valence-electron chi connectivity index (χ4n) is 2.23. The van der Waals surface area contributed by atoms with Crippen LogP contribution in [0, 0.1) is 5.82 Å². The molecule has 2 aromatic rings. The maximum Gasteiger partial charge on any atom is 0.344 e. The van der Waals surface area contributed by atoms with Gasteiger partial charge in [-0.25, -0.2) is 14.3 Å². The lowest BCUT2D eigenvalue weighted by Crippen LogP contribution is -2.27. The van der Waals surface area contributed by atoms with Gasteiger partial charge in [0.2, 0.25) is 5.91 Å². The Morgan fingerprint density at radius 3 is 2.83 bits per heavy atom. The fraction of sp³-hybridized carbons (Fsp3) is 0.400. The van der Waals surface area contributed by atoms with E-state index in [0.29, 0.717) is 18.1 Å². The molecule has 3 rings (SSSR count). The van der Waals surface area contributed by atoms with Crippen LogP contribution in [0.1, 0.15) is 24.4 Å². The predicted molar refractivity (Wildman–Crippen MR) is 85.0 cm³/mol. The third-order valence-corrected chi connectivity index (χ3v) is 4.52. The molecule has 0 unspecified atom stereocenters. The Morgan fingerprint density at radius 2 is 2.13 bits per heavy atom. The van der Waals surface area contributed by atoms with E-state index in [2.05, 4.69) is 15.5 Å². The van der Waals surface area contributed by atoms with Crippen LogP contribution in [-0.4, -0.2) is 33.0 Å². The molecule has 0 spiro atoms. The van der Waals surface area contributed by atoms with Crippen LogP contribution >= 0.6 is 11.8 Å². The van der Waals surface area contributed by atoms with Crippen molar-refractivity contribution in [1.82, 2.24) is 20.1 Å². The quantitative estimate of drug-likeness (QED) is 0.751. The number of nitrogens with zero attached hydrogens (tertiary/aromatic N) is 2. The first kappa shape index (κ1) is 15.8. The molecule has 2 N–H and O–H groups in total. The Labute approximate surface area is 136 Å². The second kappa shape index (κ2) is 6.99. The maximum atomic E-state index is 12.8. The van der Waals surface area contributed by atoms with Crippen molar-refractivity contribution in [3.05, 3.63) is 46.1 Å². The number of benzene rings is 1. The zero-order chi connectivity index (χ0) is 16.2. The number of nitrogens with one attached hydrogen (secondary N) is 2. The van der Waals surface area contributed by atoms with E-state index in [1.165, 1.54) is 23.9 Å². The van der Waals surface area contributed by atoms with Gasteiger partial charge in [0, 0.05) is 12.6 Å². The summed E-state index contributed by atoms with van der Waals surface area (Å²) in [5, 5.41) is 9.75. The maximum absolute atomic E-state index is 12.8. The molecule has 1 aromatic carbocycles. The first-order valence-corrected chi connectivity index (χ1v) is 8.43. The third-order valence-electron chi connectivity index (χ3n) is 3.57. The summed E-state index contributed by atoms with van der Waals surface area (Å²) in [6, 6.07) is 6.44. The Kier molecular flexibility index (Phi) is 4.80. The molecule has 1 heterocycles. The van der Waals surface area contributed by atoms with Gasteiger partial charge in [0.15, 0.2) is 5.16 Å². The highest BCUT2D eigenvalue weighted by atomic mass is 32.2. The molecule has 1 fully saturated rings. The Balaban J connectivity index is 1.43. The van der Waals surface area contributed by atoms with Gasteiger partial charge in [-0.1, -0.05) is 23.9 Å². The summed E-state index contributed by atoms with van der Waals surface area (Å²) in [6.07, 6.45) is 2.61. The summed E-state index contributed by atoms with van der Waals surface area (Å²) < 4.78 is 14.4. The van der Waals surface area contributed by atoms with Crippen LogP contribution in [-0.2, 0) is 11.2 Å². The molecule has 0 bridgehead atoms. The summed E-state index contributed by atoms with van der Waals surface area (Å²) in [6.45, 7) is 0.487. The second-order valence-corrected chi connectivity index (χ2v) is 6.37. The van der Waals surface area contributed by atoms with E-state index in [1.54, 1.807) is 16.7 Å². The van der Waals surface area contributed by atoms with Crippen molar-refractivity contribution >= 4 is 17.7 Å². The lowest BCUT2D eigenvalue weighted by atomic mass is 10.1. The van der Waals surface area contributed by atoms with Gasteiger partial charge in [0.05, 0.1) is 5.75 Å². The minimum atomic E-state index is -0.269. The second-order valence-electron chi connectivity index (χ2n) is 5.43. The van der Waals surface area contributed by atoms with Crippen molar-refractivity contribution in [2.24, 2.45) is 0 Å². The number of rotatable bonds is 7. The SMILES string of the molecule is O=C(CSc1n[nH]c(=O)n1C1CC1)NCCc1ccc(F)cc1. The standard InChI is InChI=1S/C15H17FN4O2S/c16-11-3-1-10(2-4-11)7-8-17-13(21)9-23-15-19-18-14(22)20(15)12-5-6-12/h1-4,12H,5-9H2,(H,17,21)(H,18,22). The Bertz CT molecular complexity index is 737. The van der Waals surface area contributed by atoms with Crippen molar-refractivity contribution in [2.45, 2.75) is 30.5 Å². The van der Waals surface area contributed by atoms with E-state index in [9.17, 15) is 14.0 Å². The average molecular weight is 336 g/mol. The van der Waals surface area contributed by atoms with Crippen LogP contribution in [0.25, 0.3) is 0 Å². The Morgan fingerprint density at radius 1 is 1.39 bits per heavy atom. The highest BCUT2D eigenvalue weighted by molar-refractivity contribution is 7.99. The summed E-state index contributed by atoms with van der Waals surface area (Å²) in [5.74, 6) is -0.176. The van der Waals surface area contributed by atoms with Crippen molar-refractivity contribution in [2.75, 3.05) is 12.3 Å². The molecule has 23 heavy (non-hydrogen) atoms. The molecule has 0 radical (unpaired) electrons. The normalized spacial score (nSPS) is 14.0. The fourth-order valence-corrected chi connectivity index (χ4v) is 3.07. The molecule has 6 nitrogen and oxygen atoms in total. The summed E-state index contributed by atoms with van der Waals surface area (Å²) in [4.78, 5) is 23.5. The first-order chi connectivity index (χ1) is 11.1. The van der Waals surface area contributed by atoms with Crippen molar-refractivity contribution in [1.29, 1.82) is 0 Å². The number of halogens is 1. The van der Waals surface area contributed by atoms with E-state index in [4.69, 9.17) is 0 Å². The monoisotopic (exact) mass is 336 g/mol. The van der Waals surface area contributed by atoms with Crippen LogP contribution in [0.3, 0.4) is 0 Å². The van der Waals surface area contributed by atoms with Gasteiger partial charge in [0.25, 0.3) is 0 Å². The lowest BCUT2D eigenvalue weighted by molar-refractivity contribution is -0.118. The number of aromatic nitrogens is 3. The van der Waals surface area contributed by atoms with Crippen molar-refractivity contribution in [3.8, 4) is 0 Å². The van der Waals surface area contributed by atoms with Crippen LogP contribution in [0.5, 0.6) is 0 Å². The molecule has 0 atom stereocenters. The molecule has 0 saturated heterocycles. The van der Waals surface area contributed by atoms with E-state index >= 15 is 0 Å². The number of carbonyl (C=O) groups is 1. The minimum Gasteiger partial charge on any atom is -0.355 e. The molecule has 1 saturated carbocycles. The average Bonchev–Trinajstić information content (AvgIpc) is 3.30. The summed E-state index contributed by atoms with van der Waals surface area (Å²) in [7, 11) is 0. The van der Waals surface area contributed by atoms with Gasteiger partial charge in [-0.2, -0.15) is 0 Å². The van der Waals surface area contributed by atoms with Crippen LogP contribution < -0.4 is 11.0 Å². The minimum absolute atomic E-state index is 0.116. The number of carbonyl (C=O) groups excluding carboxylic acids is 1. The third kappa shape index (κ3) is 4.22. The molecule has 1 amide bonds. The van der Waals surface area contributed by atoms with E-state index < -0.39 is 0 Å². The number of hydrogen-bond acceptors (Lipinski definition) is 4. The smallest absolute Gasteiger partial charge is 0.344 e. The van der Waals surface area contributed by atoms with Gasteiger partial charge in [-0.15, -0.1) is 5.10 Å². The molecule has 1 aliphatic carbocycles. The van der Waals surface area contributed by atoms with E-state index in [1.807, 2.05) is 0 Å². The Hall–Kier alpha value is -2.09. The van der Waals surface area contributed by atoms with Crippen LogP contribution in [0.2, 0.25) is 0 Å². The largest absolute Gasteiger partial charge is 0.355 e. The first-order valence-electron chi connectivity index (χ1n) is 7.44. The molecule has 122 valence electrons. The molecule has 1 aromatic heterocycles. The number of amides is 1. The number of aromatic amines is 1. The van der Waals surface area contributed by atoms with Gasteiger partial charge in [-0.05, 0) is 37.0 Å². The zero-order valence-corrected chi connectivity index (χ0v) is 13.2. The van der Waals surface area contributed by atoms with Crippen LogP contribution in [0.15, 0.2) is 34.2 Å². The van der Waals surface area contributed by atoms with Gasteiger partial charge >= 0.3 is 5.69 Å². The highest BCUT2D eigenvalue weighted by Gasteiger charge is 2.28. The summed E-state index contributed by atoms with van der Waals surface area (Å²) >= 11 is 1.25. The van der Waals surface area contributed by atoms with Gasteiger partial charge in [-0.3, -0.25) is 9.36 Å². The molecule has 1 aliphatic rings. The highest BCUT2D eigenvalue weighted by Crippen LogP contribution is 2.35. The molecular formula is C15H17FN4O2S. The van der Waals surface area contributed by atoms with Crippen molar-refractivity contribution < 1.29 is 9.18 Å². The molecule has 0 aliphatic heterocycles. The van der Waals surface area contributed by atoms with Crippen molar-refractivity contribution in [3.63, 3.8) is 0 Å². The molecule has 8 heteroatoms. The van der Waals surface area contributed by atoms with Gasteiger partial charge in [0.1, 0.15) is 5.82 Å². The van der Waals surface area contributed by atoms with Gasteiger partial charge < -0.3 is 5.32 Å². The van der Waals surface area contributed by atoms with E-state index in [-0.39, 0.29) is 29.2 Å². The summed E-state index contributed by atoms with van der Waals surface area (Å²) in [5.41, 5.74) is 0.751. The number of thioether (sulfide) groups is 1. The van der Waals surface area contributed by atoms with E-state index in [0.717, 1.165) is 18.4 Å². The molecular weight excluding hydrogens is 319 g/mol. The number of H-pyrrole nitrogens is 1. The zero-order valence-electron chi connectivity index (χ0n) is 12.4. The van der Waals surface area contributed by atoms with Crippen LogP contribution in [0.4, 0.5) is 4.39 Å². The topological polar surface area (TPSA) is 79.8 Å². The lowest BCUT2D eigenvalue weighted by Gasteiger charge is -2.06.